The Morgan fingerprint density at radius 1 is 0.964 bits per heavy atom. The predicted octanol–water partition coefficient (Wildman–Crippen LogP) is 4.87. The summed E-state index contributed by atoms with van der Waals surface area (Å²) < 4.78 is 10.9. The van der Waals surface area contributed by atoms with E-state index < -0.39 is 0 Å². The normalized spacial score (nSPS) is 10.7. The highest BCUT2D eigenvalue weighted by Crippen LogP contribution is 2.26. The number of rotatable bonds is 7. The third-order valence-electron chi connectivity index (χ3n) is 3.89. The van der Waals surface area contributed by atoms with Crippen LogP contribution in [0.4, 0.5) is 5.69 Å². The molecule has 6 nitrogen and oxygen atoms in total. The molecular weight excluding hydrogens is 374 g/mol. The average Bonchev–Trinajstić information content (AvgIpc) is 3.41. The largest absolute Gasteiger partial charge is 0.459 e. The molecule has 0 unspecified atom stereocenters. The van der Waals surface area contributed by atoms with Gasteiger partial charge in [0.15, 0.2) is 5.76 Å². The topological polar surface area (TPSA) is 81.2 Å². The Morgan fingerprint density at radius 2 is 1.82 bits per heavy atom. The third kappa shape index (κ3) is 4.50. The molecule has 0 aliphatic rings. The van der Waals surface area contributed by atoms with Crippen molar-refractivity contribution in [3.8, 4) is 23.1 Å². The number of nitrogens with one attached hydrogen (secondary N) is 1. The van der Waals surface area contributed by atoms with Crippen molar-refractivity contribution >= 4 is 23.4 Å². The van der Waals surface area contributed by atoms with Gasteiger partial charge in [0.1, 0.15) is 0 Å². The van der Waals surface area contributed by atoms with Crippen LogP contribution in [0.3, 0.4) is 0 Å². The molecule has 0 aliphatic heterocycles. The summed E-state index contributed by atoms with van der Waals surface area (Å²) in [6, 6.07) is 20.9. The van der Waals surface area contributed by atoms with E-state index in [0.29, 0.717) is 29.0 Å². The quantitative estimate of drug-likeness (QED) is 0.484. The van der Waals surface area contributed by atoms with E-state index in [1.165, 1.54) is 5.56 Å². The van der Waals surface area contributed by atoms with Crippen molar-refractivity contribution in [2.75, 3.05) is 11.1 Å². The number of benzene rings is 2. The molecule has 7 heteroatoms. The van der Waals surface area contributed by atoms with Crippen LogP contribution < -0.4 is 5.32 Å². The van der Waals surface area contributed by atoms with E-state index >= 15 is 0 Å². The third-order valence-corrected chi connectivity index (χ3v) is 4.90. The fraction of sp³-hybridized carbons (Fsp3) is 0.0952. The summed E-state index contributed by atoms with van der Waals surface area (Å²) in [6.45, 7) is 0. The first kappa shape index (κ1) is 18.1. The number of aromatic nitrogens is 2. The van der Waals surface area contributed by atoms with Crippen LogP contribution in [0.1, 0.15) is 5.56 Å². The second-order valence-electron chi connectivity index (χ2n) is 6.00. The van der Waals surface area contributed by atoms with Crippen molar-refractivity contribution < 1.29 is 13.6 Å². The average molecular weight is 391 g/mol. The number of thioether (sulfide) groups is 1. The van der Waals surface area contributed by atoms with Gasteiger partial charge in [-0.25, -0.2) is 0 Å². The Balaban J connectivity index is 1.36. The molecule has 1 amide bonds. The van der Waals surface area contributed by atoms with Crippen LogP contribution in [0.25, 0.3) is 23.1 Å². The van der Waals surface area contributed by atoms with E-state index in [0.717, 1.165) is 11.3 Å². The fourth-order valence-electron chi connectivity index (χ4n) is 2.60. The maximum atomic E-state index is 12.2. The Morgan fingerprint density at radius 3 is 2.64 bits per heavy atom. The highest BCUT2D eigenvalue weighted by Gasteiger charge is 2.13. The first-order valence-corrected chi connectivity index (χ1v) is 9.83. The van der Waals surface area contributed by atoms with Gasteiger partial charge in [0, 0.05) is 17.0 Å². The lowest BCUT2D eigenvalue weighted by Crippen LogP contribution is -2.14. The molecule has 4 aromatic rings. The van der Waals surface area contributed by atoms with Crippen LogP contribution >= 0.6 is 11.8 Å². The summed E-state index contributed by atoms with van der Waals surface area (Å²) in [4.78, 5) is 12.2. The summed E-state index contributed by atoms with van der Waals surface area (Å²) >= 11 is 1.57. The second kappa shape index (κ2) is 8.58. The lowest BCUT2D eigenvalue weighted by molar-refractivity contribution is -0.113. The van der Waals surface area contributed by atoms with Gasteiger partial charge in [-0.15, -0.1) is 22.0 Å². The van der Waals surface area contributed by atoms with Gasteiger partial charge in [-0.05, 0) is 35.9 Å². The van der Waals surface area contributed by atoms with Gasteiger partial charge in [0.25, 0.3) is 5.89 Å². The first-order chi connectivity index (χ1) is 13.8. The summed E-state index contributed by atoms with van der Waals surface area (Å²) in [6.07, 6.45) is 1.55. The van der Waals surface area contributed by atoms with Crippen molar-refractivity contribution in [2.24, 2.45) is 0 Å². The lowest BCUT2D eigenvalue weighted by atomic mass is 10.2. The molecule has 28 heavy (non-hydrogen) atoms. The minimum absolute atomic E-state index is 0.0557. The molecule has 2 aromatic heterocycles. The molecule has 0 atom stereocenters. The van der Waals surface area contributed by atoms with E-state index in [1.54, 1.807) is 36.2 Å². The van der Waals surface area contributed by atoms with Gasteiger partial charge in [0.2, 0.25) is 11.8 Å². The molecule has 0 saturated heterocycles. The molecule has 0 radical (unpaired) electrons. The molecule has 2 aromatic carbocycles. The van der Waals surface area contributed by atoms with Gasteiger partial charge in [-0.3, -0.25) is 4.79 Å². The molecular formula is C21H17N3O3S. The number of amides is 1. The van der Waals surface area contributed by atoms with E-state index in [-0.39, 0.29) is 5.91 Å². The Kier molecular flexibility index (Phi) is 5.53. The van der Waals surface area contributed by atoms with Crippen molar-refractivity contribution in [1.29, 1.82) is 0 Å². The van der Waals surface area contributed by atoms with Crippen molar-refractivity contribution in [3.05, 3.63) is 78.6 Å². The zero-order valence-electron chi connectivity index (χ0n) is 14.9. The molecule has 0 saturated carbocycles. The van der Waals surface area contributed by atoms with E-state index in [2.05, 4.69) is 27.6 Å². The zero-order chi connectivity index (χ0) is 19.2. The predicted molar refractivity (Wildman–Crippen MR) is 109 cm³/mol. The van der Waals surface area contributed by atoms with Crippen LogP contribution in [0.2, 0.25) is 0 Å². The smallest absolute Gasteiger partial charge is 0.283 e. The number of hydrogen-bond donors (Lipinski definition) is 1. The number of anilines is 1. The number of carbonyl (C=O) groups is 1. The van der Waals surface area contributed by atoms with E-state index in [1.807, 2.05) is 36.4 Å². The molecule has 0 fully saturated rings. The van der Waals surface area contributed by atoms with Crippen molar-refractivity contribution in [1.82, 2.24) is 10.2 Å². The van der Waals surface area contributed by atoms with Gasteiger partial charge in [-0.2, -0.15) is 0 Å². The molecule has 1 N–H and O–H groups in total. The molecule has 4 rings (SSSR count). The zero-order valence-corrected chi connectivity index (χ0v) is 15.7. The standard InChI is InChI=1S/C21H17N3O3S/c25-19(14-28-13-15-6-2-1-3-7-15)22-17-9-4-8-16(12-17)20-23-24-21(27-20)18-10-5-11-26-18/h1-12H,13-14H2,(H,22,25). The van der Waals surface area contributed by atoms with Gasteiger partial charge in [0.05, 0.1) is 12.0 Å². The van der Waals surface area contributed by atoms with Crippen LogP contribution in [0, 0.1) is 0 Å². The minimum atomic E-state index is -0.0557. The van der Waals surface area contributed by atoms with E-state index in [4.69, 9.17) is 8.83 Å². The number of carbonyl (C=O) groups excluding carboxylic acids is 1. The highest BCUT2D eigenvalue weighted by atomic mass is 32.2. The van der Waals surface area contributed by atoms with Crippen LogP contribution in [-0.4, -0.2) is 21.9 Å². The monoisotopic (exact) mass is 391 g/mol. The molecule has 0 aliphatic carbocycles. The summed E-state index contributed by atoms with van der Waals surface area (Å²) in [7, 11) is 0. The van der Waals surface area contributed by atoms with Crippen LogP contribution in [0.5, 0.6) is 0 Å². The second-order valence-corrected chi connectivity index (χ2v) is 6.98. The van der Waals surface area contributed by atoms with E-state index in [9.17, 15) is 4.79 Å². The Bertz CT molecular complexity index is 1050. The first-order valence-electron chi connectivity index (χ1n) is 8.67. The maximum absolute atomic E-state index is 12.2. The summed E-state index contributed by atoms with van der Waals surface area (Å²) in [5.74, 6) is 2.31. The maximum Gasteiger partial charge on any atom is 0.283 e. The molecule has 0 spiro atoms. The van der Waals surface area contributed by atoms with Crippen LogP contribution in [0.15, 0.2) is 81.8 Å². The number of hydrogen-bond acceptors (Lipinski definition) is 6. The molecule has 140 valence electrons. The molecule has 0 bridgehead atoms. The Labute approximate surface area is 166 Å². The lowest BCUT2D eigenvalue weighted by Gasteiger charge is -2.06. The SMILES string of the molecule is O=C(CSCc1ccccc1)Nc1cccc(-c2nnc(-c3ccco3)o2)c1. The Hall–Kier alpha value is -3.32. The van der Waals surface area contributed by atoms with Crippen molar-refractivity contribution in [2.45, 2.75) is 5.75 Å². The molecule has 2 heterocycles. The highest BCUT2D eigenvalue weighted by molar-refractivity contribution is 7.99. The minimum Gasteiger partial charge on any atom is -0.459 e. The van der Waals surface area contributed by atoms with Gasteiger partial charge >= 0.3 is 0 Å². The number of nitrogens with zero attached hydrogens (tertiary/aromatic N) is 2. The fourth-order valence-corrected chi connectivity index (χ4v) is 3.39. The van der Waals surface area contributed by atoms with Crippen LogP contribution in [-0.2, 0) is 10.5 Å². The summed E-state index contributed by atoms with van der Waals surface area (Å²) in [5, 5.41) is 11.0. The van der Waals surface area contributed by atoms with Gasteiger partial charge in [-0.1, -0.05) is 36.4 Å². The van der Waals surface area contributed by atoms with Gasteiger partial charge < -0.3 is 14.2 Å². The summed E-state index contributed by atoms with van der Waals surface area (Å²) in [5.41, 5.74) is 2.60. The number of furan rings is 1. The van der Waals surface area contributed by atoms with Crippen molar-refractivity contribution in [3.63, 3.8) is 0 Å².